The van der Waals surface area contributed by atoms with Gasteiger partial charge in [0.1, 0.15) is 10.6 Å². The molecule has 0 unspecified atom stereocenters. The number of rotatable bonds is 10. The van der Waals surface area contributed by atoms with E-state index < -0.39 is 26.8 Å². The van der Waals surface area contributed by atoms with E-state index in [1.165, 1.54) is 0 Å². The van der Waals surface area contributed by atoms with E-state index in [1.54, 1.807) is 30.9 Å². The van der Waals surface area contributed by atoms with Crippen LogP contribution in [-0.4, -0.2) is 38.4 Å². The number of hydrogen-bond donors (Lipinski definition) is 0. The molecule has 0 fully saturated rings. The average molecular weight is 515 g/mol. The van der Waals surface area contributed by atoms with Crippen LogP contribution in [0.3, 0.4) is 0 Å². The maximum Gasteiger partial charge on any atom is 0.416 e. The van der Waals surface area contributed by atoms with Crippen molar-refractivity contribution in [3.63, 3.8) is 0 Å². The molecule has 0 saturated heterocycles. The second-order valence-corrected chi connectivity index (χ2v) is 10.3. The van der Waals surface area contributed by atoms with Crippen molar-refractivity contribution in [3.8, 4) is 5.75 Å². The van der Waals surface area contributed by atoms with Crippen LogP contribution in [0, 0.1) is 5.92 Å². The van der Waals surface area contributed by atoms with Crippen molar-refractivity contribution in [1.82, 2.24) is 4.90 Å². The van der Waals surface area contributed by atoms with Gasteiger partial charge in [-0.05, 0) is 52.0 Å². The number of carbonyl (C=O) groups is 1. The molecule has 0 bridgehead atoms. The standard InChI is InChI=1S/C25H33F3N2O4S/c1-7-29(8-2)21-13-12-19(16-30(18(5)6)24(31)17(3)4)23(15-21)34-35(32,33)22-11-9-10-20(14-22)25(26,27)28/h9-15,17-18H,7-8,16H2,1-6H3. The highest BCUT2D eigenvalue weighted by molar-refractivity contribution is 7.87. The van der Waals surface area contributed by atoms with Crippen LogP contribution >= 0.6 is 0 Å². The molecule has 1 amide bonds. The zero-order valence-electron chi connectivity index (χ0n) is 20.9. The van der Waals surface area contributed by atoms with E-state index in [1.807, 2.05) is 38.7 Å². The summed E-state index contributed by atoms with van der Waals surface area (Å²) >= 11 is 0. The number of amides is 1. The van der Waals surface area contributed by atoms with Crippen LogP contribution in [0.4, 0.5) is 18.9 Å². The van der Waals surface area contributed by atoms with Gasteiger partial charge in [-0.1, -0.05) is 26.0 Å². The summed E-state index contributed by atoms with van der Waals surface area (Å²) in [5.74, 6) is -0.418. The van der Waals surface area contributed by atoms with E-state index in [0.717, 1.165) is 18.2 Å². The largest absolute Gasteiger partial charge is 0.416 e. The van der Waals surface area contributed by atoms with Crippen LogP contribution in [0.25, 0.3) is 0 Å². The molecule has 194 valence electrons. The summed E-state index contributed by atoms with van der Waals surface area (Å²) < 4.78 is 70.9. The average Bonchev–Trinajstić information content (AvgIpc) is 2.78. The fraction of sp³-hybridized carbons (Fsp3) is 0.480. The molecule has 2 aromatic carbocycles. The van der Waals surface area contributed by atoms with E-state index in [9.17, 15) is 26.4 Å². The second-order valence-electron chi connectivity index (χ2n) is 8.74. The maximum atomic E-state index is 13.1. The lowest BCUT2D eigenvalue weighted by Gasteiger charge is -2.30. The lowest BCUT2D eigenvalue weighted by atomic mass is 10.1. The smallest absolute Gasteiger partial charge is 0.379 e. The zero-order chi connectivity index (χ0) is 26.6. The molecule has 0 aromatic heterocycles. The number of nitrogens with zero attached hydrogens (tertiary/aromatic N) is 2. The van der Waals surface area contributed by atoms with Crippen LogP contribution in [0.5, 0.6) is 5.75 Å². The quantitative estimate of drug-likeness (QED) is 0.380. The van der Waals surface area contributed by atoms with Crippen LogP contribution in [0.1, 0.15) is 52.7 Å². The number of alkyl halides is 3. The Labute approximate surface area is 205 Å². The molecule has 10 heteroatoms. The molecule has 0 saturated carbocycles. The molecule has 0 N–H and O–H groups in total. The molecule has 0 heterocycles. The van der Waals surface area contributed by atoms with Gasteiger partial charge in [0.2, 0.25) is 5.91 Å². The van der Waals surface area contributed by atoms with Gasteiger partial charge in [-0.2, -0.15) is 21.6 Å². The van der Waals surface area contributed by atoms with Crippen LogP contribution in [0.2, 0.25) is 0 Å². The number of benzene rings is 2. The predicted molar refractivity (Wildman–Crippen MR) is 130 cm³/mol. The summed E-state index contributed by atoms with van der Waals surface area (Å²) in [6, 6.07) is 8.30. The topological polar surface area (TPSA) is 66.9 Å². The highest BCUT2D eigenvalue weighted by Gasteiger charge is 2.32. The Hall–Kier alpha value is -2.75. The normalized spacial score (nSPS) is 12.2. The molecule has 2 rings (SSSR count). The van der Waals surface area contributed by atoms with Gasteiger partial charge in [0, 0.05) is 48.9 Å². The first-order valence-corrected chi connectivity index (χ1v) is 12.9. The fourth-order valence-electron chi connectivity index (χ4n) is 3.56. The Morgan fingerprint density at radius 1 is 1.00 bits per heavy atom. The minimum absolute atomic E-state index is 0.0333. The molecule has 2 aromatic rings. The third-order valence-corrected chi connectivity index (χ3v) is 6.80. The third-order valence-electron chi connectivity index (χ3n) is 5.57. The SMILES string of the molecule is CCN(CC)c1ccc(CN(C(=O)C(C)C)C(C)C)c(OS(=O)(=O)c2cccc(C(F)(F)F)c2)c1. The molecule has 35 heavy (non-hydrogen) atoms. The van der Waals surface area contributed by atoms with Gasteiger partial charge in [-0.25, -0.2) is 0 Å². The van der Waals surface area contributed by atoms with Crippen molar-refractivity contribution in [1.29, 1.82) is 0 Å². The summed E-state index contributed by atoms with van der Waals surface area (Å²) in [6.07, 6.45) is -4.70. The Morgan fingerprint density at radius 3 is 2.14 bits per heavy atom. The molecule has 0 radical (unpaired) electrons. The molecule has 0 aliphatic rings. The number of carbonyl (C=O) groups excluding carboxylic acids is 1. The van der Waals surface area contributed by atoms with Crippen LogP contribution < -0.4 is 9.08 Å². The molecule has 0 atom stereocenters. The maximum absolute atomic E-state index is 13.1. The number of hydrogen-bond acceptors (Lipinski definition) is 5. The minimum atomic E-state index is -4.70. The molecule has 0 aliphatic heterocycles. The van der Waals surface area contributed by atoms with Crippen molar-refractivity contribution < 1.29 is 30.6 Å². The zero-order valence-corrected chi connectivity index (χ0v) is 21.7. The predicted octanol–water partition coefficient (Wildman–Crippen LogP) is 5.71. The lowest BCUT2D eigenvalue weighted by Crippen LogP contribution is -2.39. The highest BCUT2D eigenvalue weighted by Crippen LogP contribution is 2.33. The molecular formula is C25H33F3N2O4S. The van der Waals surface area contributed by atoms with Gasteiger partial charge in [0.05, 0.1) is 5.56 Å². The summed E-state index contributed by atoms with van der Waals surface area (Å²) in [5, 5.41) is 0. The van der Waals surface area contributed by atoms with Crippen molar-refractivity contribution in [2.24, 2.45) is 5.92 Å². The summed E-state index contributed by atoms with van der Waals surface area (Å²) in [5.41, 5.74) is 0.0336. The number of halogens is 3. The van der Waals surface area contributed by atoms with E-state index in [2.05, 4.69) is 0 Å². The van der Waals surface area contributed by atoms with Gasteiger partial charge in [0.15, 0.2) is 0 Å². The number of anilines is 1. The summed E-state index contributed by atoms with van der Waals surface area (Å²) in [4.78, 5) is 15.7. The first-order chi connectivity index (χ1) is 16.2. The van der Waals surface area contributed by atoms with Crippen molar-refractivity contribution in [2.75, 3.05) is 18.0 Å². The first-order valence-electron chi connectivity index (χ1n) is 11.5. The third kappa shape index (κ3) is 7.13. The van der Waals surface area contributed by atoms with E-state index >= 15 is 0 Å². The monoisotopic (exact) mass is 514 g/mol. The van der Waals surface area contributed by atoms with Crippen LogP contribution in [-0.2, 0) is 27.6 Å². The summed E-state index contributed by atoms with van der Waals surface area (Å²) in [6.45, 7) is 12.5. The fourth-order valence-corrected chi connectivity index (χ4v) is 4.57. The molecule has 0 aliphatic carbocycles. The Morgan fingerprint density at radius 2 is 1.63 bits per heavy atom. The minimum Gasteiger partial charge on any atom is -0.379 e. The van der Waals surface area contributed by atoms with E-state index in [-0.39, 0.29) is 30.2 Å². The van der Waals surface area contributed by atoms with Crippen molar-refractivity contribution in [2.45, 2.75) is 65.2 Å². The van der Waals surface area contributed by atoms with E-state index in [4.69, 9.17) is 4.18 Å². The second kappa shape index (κ2) is 11.3. The summed E-state index contributed by atoms with van der Waals surface area (Å²) in [7, 11) is -4.59. The lowest BCUT2D eigenvalue weighted by molar-refractivity contribution is -0.138. The molecule has 6 nitrogen and oxygen atoms in total. The van der Waals surface area contributed by atoms with Gasteiger partial charge < -0.3 is 14.0 Å². The Balaban J connectivity index is 2.57. The Bertz CT molecular complexity index is 1130. The highest BCUT2D eigenvalue weighted by atomic mass is 32.2. The van der Waals surface area contributed by atoms with Gasteiger partial charge in [0.25, 0.3) is 0 Å². The molecule has 0 spiro atoms. The van der Waals surface area contributed by atoms with Crippen LogP contribution in [0.15, 0.2) is 47.4 Å². The van der Waals surface area contributed by atoms with Gasteiger partial charge in [-0.3, -0.25) is 4.79 Å². The molecular weight excluding hydrogens is 481 g/mol. The first kappa shape index (κ1) is 28.5. The van der Waals surface area contributed by atoms with E-state index in [0.29, 0.717) is 30.4 Å². The van der Waals surface area contributed by atoms with Gasteiger partial charge in [-0.15, -0.1) is 0 Å². The van der Waals surface area contributed by atoms with Gasteiger partial charge >= 0.3 is 16.3 Å². The van der Waals surface area contributed by atoms with Crippen molar-refractivity contribution in [3.05, 3.63) is 53.6 Å². The van der Waals surface area contributed by atoms with Crippen molar-refractivity contribution >= 4 is 21.7 Å². The Kier molecular flexibility index (Phi) is 9.22.